The van der Waals surface area contributed by atoms with Crippen LogP contribution in [0, 0.1) is 17.2 Å². The zero-order valence-electron chi connectivity index (χ0n) is 10.1. The summed E-state index contributed by atoms with van der Waals surface area (Å²) in [5.41, 5.74) is 1.77. The zero-order chi connectivity index (χ0) is 12.1. The van der Waals surface area contributed by atoms with E-state index in [4.69, 9.17) is 10.00 Å². The minimum absolute atomic E-state index is 0.404. The number of benzene rings is 1. The monoisotopic (exact) mass is 230 g/mol. The first-order valence-corrected chi connectivity index (χ1v) is 6.19. The molecule has 1 N–H and O–H groups in total. The van der Waals surface area contributed by atoms with E-state index in [1.54, 1.807) is 0 Å². The number of nitriles is 1. The number of nitrogens with zero attached hydrogens (tertiary/aromatic N) is 1. The van der Waals surface area contributed by atoms with Crippen LogP contribution in [0.5, 0.6) is 0 Å². The van der Waals surface area contributed by atoms with Crippen molar-refractivity contribution in [1.29, 1.82) is 5.26 Å². The first-order chi connectivity index (χ1) is 8.33. The van der Waals surface area contributed by atoms with E-state index in [9.17, 15) is 0 Å². The van der Waals surface area contributed by atoms with Crippen LogP contribution in [0.15, 0.2) is 24.3 Å². The molecule has 0 spiro atoms. The highest BCUT2D eigenvalue weighted by atomic mass is 16.5. The summed E-state index contributed by atoms with van der Waals surface area (Å²) in [7, 11) is 0. The topological polar surface area (TPSA) is 45.0 Å². The maximum atomic E-state index is 8.71. The van der Waals surface area contributed by atoms with E-state index in [1.807, 2.05) is 24.3 Å². The van der Waals surface area contributed by atoms with Gasteiger partial charge in [0.15, 0.2) is 0 Å². The lowest BCUT2D eigenvalue weighted by molar-refractivity contribution is 0.0900. The molecule has 0 aliphatic carbocycles. The molecule has 1 aromatic carbocycles. The Morgan fingerprint density at radius 1 is 1.41 bits per heavy atom. The predicted octanol–water partition coefficient (Wildman–Crippen LogP) is 2.79. The lowest BCUT2D eigenvalue weighted by Gasteiger charge is -2.17. The SMILES string of the molecule is CCC1OCCC1CNc1ccc(C#N)cc1. The van der Waals surface area contributed by atoms with E-state index >= 15 is 0 Å². The quantitative estimate of drug-likeness (QED) is 0.865. The number of hydrogen-bond acceptors (Lipinski definition) is 3. The van der Waals surface area contributed by atoms with Crippen LogP contribution in [0.3, 0.4) is 0 Å². The molecule has 3 heteroatoms. The predicted molar refractivity (Wildman–Crippen MR) is 67.8 cm³/mol. The molecule has 17 heavy (non-hydrogen) atoms. The molecular formula is C14H18N2O. The Morgan fingerprint density at radius 2 is 2.18 bits per heavy atom. The van der Waals surface area contributed by atoms with Crippen LogP contribution in [0.1, 0.15) is 25.3 Å². The van der Waals surface area contributed by atoms with Gasteiger partial charge < -0.3 is 10.1 Å². The smallest absolute Gasteiger partial charge is 0.0991 e. The summed E-state index contributed by atoms with van der Waals surface area (Å²) >= 11 is 0. The Hall–Kier alpha value is -1.53. The number of nitrogens with one attached hydrogen (secondary N) is 1. The fraction of sp³-hybridized carbons (Fsp3) is 0.500. The summed E-state index contributed by atoms with van der Waals surface area (Å²) in [6.07, 6.45) is 2.63. The van der Waals surface area contributed by atoms with Gasteiger partial charge in [-0.1, -0.05) is 6.92 Å². The third-order valence-corrected chi connectivity index (χ3v) is 3.33. The van der Waals surface area contributed by atoms with Crippen molar-refractivity contribution in [2.75, 3.05) is 18.5 Å². The second kappa shape index (κ2) is 5.70. The third-order valence-electron chi connectivity index (χ3n) is 3.33. The molecule has 2 rings (SSSR count). The summed E-state index contributed by atoms with van der Waals surface area (Å²) in [6.45, 7) is 4.01. The fourth-order valence-corrected chi connectivity index (χ4v) is 2.29. The second-order valence-corrected chi connectivity index (χ2v) is 4.44. The lowest BCUT2D eigenvalue weighted by Crippen LogP contribution is -2.22. The van der Waals surface area contributed by atoms with E-state index in [2.05, 4.69) is 18.3 Å². The summed E-state index contributed by atoms with van der Waals surface area (Å²) in [4.78, 5) is 0. The van der Waals surface area contributed by atoms with E-state index in [-0.39, 0.29) is 0 Å². The molecule has 0 bridgehead atoms. The highest BCUT2D eigenvalue weighted by molar-refractivity contribution is 5.47. The van der Waals surface area contributed by atoms with Crippen molar-refractivity contribution in [2.45, 2.75) is 25.9 Å². The first-order valence-electron chi connectivity index (χ1n) is 6.19. The minimum atomic E-state index is 0.404. The normalized spacial score (nSPS) is 23.3. The molecule has 2 unspecified atom stereocenters. The number of hydrogen-bond donors (Lipinski definition) is 1. The molecule has 0 radical (unpaired) electrons. The molecule has 1 aromatic rings. The molecule has 1 heterocycles. The third kappa shape index (κ3) is 2.98. The maximum absolute atomic E-state index is 8.71. The molecule has 1 aliphatic rings. The lowest BCUT2D eigenvalue weighted by atomic mass is 9.99. The number of rotatable bonds is 4. The van der Waals surface area contributed by atoms with Gasteiger partial charge in [-0.25, -0.2) is 0 Å². The van der Waals surface area contributed by atoms with Gasteiger partial charge in [0.25, 0.3) is 0 Å². The Kier molecular flexibility index (Phi) is 4.00. The van der Waals surface area contributed by atoms with E-state index in [0.29, 0.717) is 17.6 Å². The molecule has 0 aromatic heterocycles. The van der Waals surface area contributed by atoms with Crippen LogP contribution < -0.4 is 5.32 Å². The van der Waals surface area contributed by atoms with Crippen molar-refractivity contribution in [3.05, 3.63) is 29.8 Å². The zero-order valence-corrected chi connectivity index (χ0v) is 10.1. The van der Waals surface area contributed by atoms with Gasteiger partial charge in [-0.3, -0.25) is 0 Å². The van der Waals surface area contributed by atoms with Crippen molar-refractivity contribution >= 4 is 5.69 Å². The molecule has 90 valence electrons. The highest BCUT2D eigenvalue weighted by Gasteiger charge is 2.26. The molecule has 1 saturated heterocycles. The highest BCUT2D eigenvalue weighted by Crippen LogP contribution is 2.23. The summed E-state index contributed by atoms with van der Waals surface area (Å²) < 4.78 is 5.66. The molecule has 3 nitrogen and oxygen atoms in total. The van der Waals surface area contributed by atoms with E-state index in [0.717, 1.165) is 31.7 Å². The van der Waals surface area contributed by atoms with Crippen molar-refractivity contribution in [3.63, 3.8) is 0 Å². The Bertz CT molecular complexity index is 394. The van der Waals surface area contributed by atoms with Crippen LogP contribution in [-0.2, 0) is 4.74 Å². The largest absolute Gasteiger partial charge is 0.385 e. The van der Waals surface area contributed by atoms with Crippen molar-refractivity contribution in [1.82, 2.24) is 0 Å². The van der Waals surface area contributed by atoms with Crippen LogP contribution in [0.2, 0.25) is 0 Å². The number of anilines is 1. The average molecular weight is 230 g/mol. The van der Waals surface area contributed by atoms with Crippen LogP contribution in [0.25, 0.3) is 0 Å². The summed E-state index contributed by atoms with van der Waals surface area (Å²) in [5.74, 6) is 0.607. The minimum Gasteiger partial charge on any atom is -0.385 e. The van der Waals surface area contributed by atoms with Gasteiger partial charge >= 0.3 is 0 Å². The van der Waals surface area contributed by atoms with Crippen molar-refractivity contribution < 1.29 is 4.74 Å². The van der Waals surface area contributed by atoms with Gasteiger partial charge in [0.05, 0.1) is 17.7 Å². The Balaban J connectivity index is 1.87. The Labute approximate surface area is 102 Å². The van der Waals surface area contributed by atoms with Gasteiger partial charge in [0, 0.05) is 24.8 Å². The van der Waals surface area contributed by atoms with Crippen LogP contribution >= 0.6 is 0 Å². The summed E-state index contributed by atoms with van der Waals surface area (Å²) in [5, 5.41) is 12.1. The van der Waals surface area contributed by atoms with E-state index < -0.39 is 0 Å². The fourth-order valence-electron chi connectivity index (χ4n) is 2.29. The molecule has 1 fully saturated rings. The van der Waals surface area contributed by atoms with Gasteiger partial charge in [0.2, 0.25) is 0 Å². The molecule has 0 amide bonds. The molecule has 2 atom stereocenters. The van der Waals surface area contributed by atoms with Gasteiger partial charge in [-0.15, -0.1) is 0 Å². The van der Waals surface area contributed by atoms with Crippen LogP contribution in [0.4, 0.5) is 5.69 Å². The van der Waals surface area contributed by atoms with Gasteiger partial charge in [0.1, 0.15) is 0 Å². The number of ether oxygens (including phenoxy) is 1. The van der Waals surface area contributed by atoms with Crippen molar-refractivity contribution in [3.8, 4) is 6.07 Å². The van der Waals surface area contributed by atoms with Gasteiger partial charge in [-0.2, -0.15) is 5.26 Å². The standard InChI is InChI=1S/C14H18N2O/c1-2-14-12(7-8-17-14)10-16-13-5-3-11(9-15)4-6-13/h3-6,12,14,16H,2,7-8,10H2,1H3. The van der Waals surface area contributed by atoms with E-state index in [1.165, 1.54) is 0 Å². The van der Waals surface area contributed by atoms with Crippen LogP contribution in [-0.4, -0.2) is 19.3 Å². The Morgan fingerprint density at radius 3 is 2.82 bits per heavy atom. The molecular weight excluding hydrogens is 212 g/mol. The van der Waals surface area contributed by atoms with Crippen molar-refractivity contribution in [2.24, 2.45) is 5.92 Å². The molecule has 0 saturated carbocycles. The average Bonchev–Trinajstić information content (AvgIpc) is 2.84. The van der Waals surface area contributed by atoms with Gasteiger partial charge in [-0.05, 0) is 37.1 Å². The second-order valence-electron chi connectivity index (χ2n) is 4.44. The molecule has 1 aliphatic heterocycles. The summed E-state index contributed by atoms with van der Waals surface area (Å²) in [6, 6.07) is 9.70. The maximum Gasteiger partial charge on any atom is 0.0991 e. The first kappa shape index (κ1) is 11.9.